The van der Waals surface area contributed by atoms with E-state index in [1.54, 1.807) is 0 Å². The molecule has 1 heterocycles. The predicted octanol–water partition coefficient (Wildman–Crippen LogP) is 3.67. The quantitative estimate of drug-likeness (QED) is 0.827. The number of rotatable bonds is 5. The zero-order valence-corrected chi connectivity index (χ0v) is 13.1. The molecule has 0 saturated heterocycles. The van der Waals surface area contributed by atoms with E-state index in [0.717, 1.165) is 41.2 Å². The maximum Gasteiger partial charge on any atom is 0.176 e. The summed E-state index contributed by atoms with van der Waals surface area (Å²) >= 11 is 5.85. The van der Waals surface area contributed by atoms with Gasteiger partial charge in [-0.3, -0.25) is 4.79 Å². The molecule has 2 aromatic rings. The van der Waals surface area contributed by atoms with Crippen molar-refractivity contribution in [2.75, 3.05) is 18.4 Å². The highest BCUT2D eigenvalue weighted by molar-refractivity contribution is 6.30. The summed E-state index contributed by atoms with van der Waals surface area (Å²) in [6, 6.07) is 13.6. The highest BCUT2D eigenvalue weighted by atomic mass is 35.5. The fraction of sp³-hybridized carbons (Fsp3) is 0.278. The molecule has 3 rings (SSSR count). The Hall–Kier alpha value is -1.84. The second-order valence-corrected chi connectivity index (χ2v) is 5.99. The SMILES string of the molecule is O=C(CNCc1ccc(Cl)cc1)c1ccc2c(c1)CCCN2. The molecule has 3 nitrogen and oxygen atoms in total. The summed E-state index contributed by atoms with van der Waals surface area (Å²) in [7, 11) is 0. The van der Waals surface area contributed by atoms with Gasteiger partial charge in [-0.2, -0.15) is 0 Å². The summed E-state index contributed by atoms with van der Waals surface area (Å²) in [6.45, 7) is 2.02. The maximum absolute atomic E-state index is 12.3. The molecule has 0 fully saturated rings. The Labute approximate surface area is 135 Å². The molecule has 0 aromatic heterocycles. The lowest BCUT2D eigenvalue weighted by Gasteiger charge is -2.18. The van der Waals surface area contributed by atoms with Crippen LogP contribution < -0.4 is 10.6 Å². The Balaban J connectivity index is 1.56. The van der Waals surface area contributed by atoms with Gasteiger partial charge in [-0.15, -0.1) is 0 Å². The van der Waals surface area contributed by atoms with Crippen LogP contribution in [0.5, 0.6) is 0 Å². The second-order valence-electron chi connectivity index (χ2n) is 5.56. The van der Waals surface area contributed by atoms with Gasteiger partial charge < -0.3 is 10.6 Å². The van der Waals surface area contributed by atoms with Crippen LogP contribution in [-0.4, -0.2) is 18.9 Å². The van der Waals surface area contributed by atoms with Crippen LogP contribution in [0, 0.1) is 0 Å². The lowest BCUT2D eigenvalue weighted by molar-refractivity contribution is 0.0990. The van der Waals surface area contributed by atoms with Crippen molar-refractivity contribution in [3.8, 4) is 0 Å². The molecule has 1 aliphatic heterocycles. The van der Waals surface area contributed by atoms with E-state index < -0.39 is 0 Å². The number of aryl methyl sites for hydroxylation is 1. The first-order valence-electron chi connectivity index (χ1n) is 7.57. The first kappa shape index (κ1) is 15.1. The standard InChI is InChI=1S/C18H19ClN2O/c19-16-6-3-13(4-7-16)11-20-12-18(22)15-5-8-17-14(10-15)2-1-9-21-17/h3-8,10,20-21H,1-2,9,11-12H2. The minimum Gasteiger partial charge on any atom is -0.385 e. The van der Waals surface area contributed by atoms with E-state index in [4.69, 9.17) is 11.6 Å². The average Bonchev–Trinajstić information content (AvgIpc) is 2.56. The van der Waals surface area contributed by atoms with Gasteiger partial charge >= 0.3 is 0 Å². The van der Waals surface area contributed by atoms with Gasteiger partial charge in [0.25, 0.3) is 0 Å². The zero-order valence-electron chi connectivity index (χ0n) is 12.4. The van der Waals surface area contributed by atoms with Gasteiger partial charge in [-0.1, -0.05) is 23.7 Å². The molecule has 0 atom stereocenters. The molecule has 0 aliphatic carbocycles. The lowest BCUT2D eigenvalue weighted by Crippen LogP contribution is -2.23. The fourth-order valence-corrected chi connectivity index (χ4v) is 2.80. The normalized spacial score (nSPS) is 13.3. The van der Waals surface area contributed by atoms with E-state index in [1.165, 1.54) is 5.56 Å². The number of hydrogen-bond donors (Lipinski definition) is 2. The zero-order chi connectivity index (χ0) is 15.4. The van der Waals surface area contributed by atoms with Crippen LogP contribution in [0.3, 0.4) is 0 Å². The number of Topliss-reactive ketones (excluding diaryl/α,β-unsaturated/α-hetero) is 1. The van der Waals surface area contributed by atoms with Gasteiger partial charge in [0.2, 0.25) is 0 Å². The molecule has 0 amide bonds. The minimum atomic E-state index is 0.127. The van der Waals surface area contributed by atoms with Crippen LogP contribution in [0.4, 0.5) is 5.69 Å². The molecule has 0 spiro atoms. The summed E-state index contributed by atoms with van der Waals surface area (Å²) in [5, 5.41) is 7.28. The monoisotopic (exact) mass is 314 g/mol. The van der Waals surface area contributed by atoms with Crippen molar-refractivity contribution in [2.45, 2.75) is 19.4 Å². The fourth-order valence-electron chi connectivity index (χ4n) is 2.67. The van der Waals surface area contributed by atoms with Gasteiger partial charge in [-0.25, -0.2) is 0 Å². The summed E-state index contributed by atoms with van der Waals surface area (Å²) in [5.74, 6) is 0.127. The number of nitrogens with one attached hydrogen (secondary N) is 2. The van der Waals surface area contributed by atoms with Crippen molar-refractivity contribution in [3.05, 3.63) is 64.2 Å². The van der Waals surface area contributed by atoms with Crippen LogP contribution in [0.25, 0.3) is 0 Å². The lowest BCUT2D eigenvalue weighted by atomic mass is 9.99. The number of halogens is 1. The summed E-state index contributed by atoms with van der Waals surface area (Å²) in [6.07, 6.45) is 2.17. The molecule has 2 aromatic carbocycles. The van der Waals surface area contributed by atoms with Crippen molar-refractivity contribution < 1.29 is 4.79 Å². The van der Waals surface area contributed by atoms with Crippen molar-refractivity contribution in [1.82, 2.24) is 5.32 Å². The Kier molecular flexibility index (Phi) is 4.76. The molecule has 0 bridgehead atoms. The van der Waals surface area contributed by atoms with Crippen LogP contribution in [0.15, 0.2) is 42.5 Å². The minimum absolute atomic E-state index is 0.127. The third-order valence-corrected chi connectivity index (χ3v) is 4.15. The van der Waals surface area contributed by atoms with E-state index in [1.807, 2.05) is 42.5 Å². The van der Waals surface area contributed by atoms with E-state index >= 15 is 0 Å². The summed E-state index contributed by atoms with van der Waals surface area (Å²) in [5.41, 5.74) is 4.31. The van der Waals surface area contributed by atoms with Crippen LogP contribution >= 0.6 is 11.6 Å². The molecular formula is C18H19ClN2O. The molecule has 2 N–H and O–H groups in total. The van der Waals surface area contributed by atoms with E-state index in [2.05, 4.69) is 10.6 Å². The Morgan fingerprint density at radius 3 is 2.82 bits per heavy atom. The van der Waals surface area contributed by atoms with Crippen molar-refractivity contribution >= 4 is 23.1 Å². The molecule has 1 aliphatic rings. The first-order chi connectivity index (χ1) is 10.7. The van der Waals surface area contributed by atoms with Crippen molar-refractivity contribution in [3.63, 3.8) is 0 Å². The number of anilines is 1. The van der Waals surface area contributed by atoms with Crippen molar-refractivity contribution in [1.29, 1.82) is 0 Å². The topological polar surface area (TPSA) is 41.1 Å². The number of ketones is 1. The van der Waals surface area contributed by atoms with Crippen molar-refractivity contribution in [2.24, 2.45) is 0 Å². The van der Waals surface area contributed by atoms with Gasteiger partial charge in [-0.05, 0) is 54.3 Å². The predicted molar refractivity (Wildman–Crippen MR) is 90.7 cm³/mol. The summed E-state index contributed by atoms with van der Waals surface area (Å²) in [4.78, 5) is 12.3. The molecule has 114 valence electrons. The number of fused-ring (bicyclic) bond motifs is 1. The number of carbonyl (C=O) groups excluding carboxylic acids is 1. The average molecular weight is 315 g/mol. The third kappa shape index (κ3) is 3.67. The number of benzene rings is 2. The number of hydrogen-bond acceptors (Lipinski definition) is 3. The Morgan fingerprint density at radius 1 is 1.18 bits per heavy atom. The smallest absolute Gasteiger partial charge is 0.176 e. The molecule has 22 heavy (non-hydrogen) atoms. The highest BCUT2D eigenvalue weighted by Crippen LogP contribution is 2.23. The maximum atomic E-state index is 12.3. The third-order valence-electron chi connectivity index (χ3n) is 3.89. The first-order valence-corrected chi connectivity index (χ1v) is 7.95. The van der Waals surface area contributed by atoms with E-state index in [0.29, 0.717) is 13.1 Å². The van der Waals surface area contributed by atoms with Gasteiger partial charge in [0, 0.05) is 29.4 Å². The van der Waals surface area contributed by atoms with Crippen LogP contribution in [0.2, 0.25) is 5.02 Å². The van der Waals surface area contributed by atoms with Crippen LogP contribution in [-0.2, 0) is 13.0 Å². The molecular weight excluding hydrogens is 296 g/mol. The Bertz CT molecular complexity index is 667. The second kappa shape index (κ2) is 6.95. The summed E-state index contributed by atoms with van der Waals surface area (Å²) < 4.78 is 0. The largest absolute Gasteiger partial charge is 0.385 e. The van der Waals surface area contributed by atoms with Crippen LogP contribution in [0.1, 0.15) is 27.9 Å². The molecule has 0 saturated carbocycles. The van der Waals surface area contributed by atoms with Gasteiger partial charge in [0.05, 0.1) is 6.54 Å². The highest BCUT2D eigenvalue weighted by Gasteiger charge is 2.12. The Morgan fingerprint density at radius 2 is 2.00 bits per heavy atom. The molecule has 0 unspecified atom stereocenters. The van der Waals surface area contributed by atoms with Gasteiger partial charge in [0.15, 0.2) is 5.78 Å². The van der Waals surface area contributed by atoms with E-state index in [-0.39, 0.29) is 5.78 Å². The van der Waals surface area contributed by atoms with E-state index in [9.17, 15) is 4.79 Å². The van der Waals surface area contributed by atoms with Gasteiger partial charge in [0.1, 0.15) is 0 Å². The molecule has 4 heteroatoms. The number of carbonyl (C=O) groups is 1. The molecule has 0 radical (unpaired) electrons.